The van der Waals surface area contributed by atoms with Gasteiger partial charge < -0.3 is 9.69 Å². The van der Waals surface area contributed by atoms with Crippen molar-refractivity contribution in [1.29, 1.82) is 0 Å². The predicted molar refractivity (Wildman–Crippen MR) is 45.7 cm³/mol. The Bertz CT molecular complexity index is 187. The van der Waals surface area contributed by atoms with E-state index in [2.05, 4.69) is 4.98 Å². The van der Waals surface area contributed by atoms with Crippen LogP contribution in [0.15, 0.2) is 24.5 Å². The maximum atomic E-state index is 8.00. The summed E-state index contributed by atoms with van der Waals surface area (Å²) in [7, 11) is 4.02. The molecule has 0 amide bonds. The first-order chi connectivity index (χ1) is 5.30. The Morgan fingerprint density at radius 2 is 1.73 bits per heavy atom. The smallest absolute Gasteiger partial charge is 0.106 e. The molecule has 0 aliphatic heterocycles. The van der Waals surface area contributed by atoms with Gasteiger partial charge in [0.1, 0.15) is 6.79 Å². The fraction of sp³-hybridized carbons (Fsp3) is 0.250. The van der Waals surface area contributed by atoms with E-state index in [1.165, 1.54) is 5.69 Å². The highest BCUT2D eigenvalue weighted by molar-refractivity contribution is 5.42. The summed E-state index contributed by atoms with van der Waals surface area (Å²) in [4.78, 5) is 13.9. The Kier molecular flexibility index (Phi) is 4.73. The van der Waals surface area contributed by atoms with Crippen molar-refractivity contribution in [3.63, 3.8) is 0 Å². The van der Waals surface area contributed by atoms with Gasteiger partial charge in [0, 0.05) is 32.2 Å². The van der Waals surface area contributed by atoms with Crippen molar-refractivity contribution in [3.8, 4) is 0 Å². The molecule has 0 atom stereocenters. The molecule has 0 fully saturated rings. The molecule has 0 saturated carbocycles. The van der Waals surface area contributed by atoms with Gasteiger partial charge in [-0.1, -0.05) is 0 Å². The summed E-state index contributed by atoms with van der Waals surface area (Å²) in [5, 5.41) is 0. The molecule has 0 aliphatic carbocycles. The van der Waals surface area contributed by atoms with Gasteiger partial charge in [-0.2, -0.15) is 0 Å². The summed E-state index contributed by atoms with van der Waals surface area (Å²) in [6, 6.07) is 3.94. The zero-order chi connectivity index (χ0) is 8.69. The minimum atomic E-state index is 1.19. The first-order valence-corrected chi connectivity index (χ1v) is 3.17. The zero-order valence-corrected chi connectivity index (χ0v) is 6.82. The summed E-state index contributed by atoms with van der Waals surface area (Å²) in [5.74, 6) is 0. The van der Waals surface area contributed by atoms with Crippen molar-refractivity contribution in [3.05, 3.63) is 24.5 Å². The number of rotatable bonds is 1. The van der Waals surface area contributed by atoms with Gasteiger partial charge in [-0.05, 0) is 12.1 Å². The highest BCUT2D eigenvalue weighted by Gasteiger charge is 1.88. The lowest BCUT2D eigenvalue weighted by molar-refractivity contribution is -0.0979. The van der Waals surface area contributed by atoms with Crippen molar-refractivity contribution in [2.24, 2.45) is 0 Å². The maximum absolute atomic E-state index is 8.00. The van der Waals surface area contributed by atoms with Crippen LogP contribution in [0.25, 0.3) is 0 Å². The van der Waals surface area contributed by atoms with Crippen molar-refractivity contribution in [2.45, 2.75) is 0 Å². The SMILES string of the molecule is C=O.CN(C)c1ccncc1. The van der Waals surface area contributed by atoms with E-state index in [1.807, 2.05) is 37.9 Å². The molecular formula is C8H12N2O. The van der Waals surface area contributed by atoms with E-state index >= 15 is 0 Å². The fourth-order valence-electron chi connectivity index (χ4n) is 0.642. The normalized spacial score (nSPS) is 7.82. The molecule has 0 bridgehead atoms. The lowest BCUT2D eigenvalue weighted by Crippen LogP contribution is -2.07. The third kappa shape index (κ3) is 3.35. The molecule has 3 heteroatoms. The molecule has 11 heavy (non-hydrogen) atoms. The van der Waals surface area contributed by atoms with Gasteiger partial charge in [-0.3, -0.25) is 4.98 Å². The Morgan fingerprint density at radius 3 is 2.00 bits per heavy atom. The van der Waals surface area contributed by atoms with Crippen LogP contribution in [0.2, 0.25) is 0 Å². The maximum Gasteiger partial charge on any atom is 0.106 e. The van der Waals surface area contributed by atoms with Crippen molar-refractivity contribution in [1.82, 2.24) is 4.98 Å². The minimum absolute atomic E-state index is 1.19. The molecule has 1 aromatic heterocycles. The second-order valence-corrected chi connectivity index (χ2v) is 2.10. The van der Waals surface area contributed by atoms with Gasteiger partial charge >= 0.3 is 0 Å². The van der Waals surface area contributed by atoms with Crippen LogP contribution in [-0.2, 0) is 4.79 Å². The van der Waals surface area contributed by atoms with Gasteiger partial charge in [-0.25, -0.2) is 0 Å². The van der Waals surface area contributed by atoms with E-state index in [0.717, 1.165) is 0 Å². The Balaban J connectivity index is 0.000000461. The molecule has 0 aromatic carbocycles. The van der Waals surface area contributed by atoms with E-state index in [9.17, 15) is 0 Å². The van der Waals surface area contributed by atoms with Crippen LogP contribution in [-0.4, -0.2) is 25.9 Å². The number of hydrogen-bond acceptors (Lipinski definition) is 3. The summed E-state index contributed by atoms with van der Waals surface area (Å²) < 4.78 is 0. The molecule has 0 radical (unpaired) electrons. The predicted octanol–water partition coefficient (Wildman–Crippen LogP) is 0.963. The van der Waals surface area contributed by atoms with Crippen molar-refractivity contribution < 1.29 is 4.79 Å². The summed E-state index contributed by atoms with van der Waals surface area (Å²) in [6.45, 7) is 2.00. The van der Waals surface area contributed by atoms with E-state index in [4.69, 9.17) is 4.79 Å². The number of nitrogens with zero attached hydrogens (tertiary/aromatic N) is 2. The molecule has 0 spiro atoms. The van der Waals surface area contributed by atoms with Gasteiger partial charge in [-0.15, -0.1) is 0 Å². The van der Waals surface area contributed by atoms with Crippen LogP contribution < -0.4 is 4.90 Å². The second-order valence-electron chi connectivity index (χ2n) is 2.10. The van der Waals surface area contributed by atoms with Gasteiger partial charge in [0.25, 0.3) is 0 Å². The number of carbonyl (C=O) groups is 1. The Morgan fingerprint density at radius 1 is 1.27 bits per heavy atom. The van der Waals surface area contributed by atoms with Crippen LogP contribution in [0.5, 0.6) is 0 Å². The van der Waals surface area contributed by atoms with Crippen molar-refractivity contribution >= 4 is 12.5 Å². The third-order valence-corrected chi connectivity index (χ3v) is 1.18. The lowest BCUT2D eigenvalue weighted by Gasteiger charge is -2.10. The lowest BCUT2D eigenvalue weighted by atomic mass is 10.4. The summed E-state index contributed by atoms with van der Waals surface area (Å²) in [6.07, 6.45) is 3.57. The first-order valence-electron chi connectivity index (χ1n) is 3.17. The molecule has 0 saturated heterocycles. The minimum Gasteiger partial charge on any atom is -0.378 e. The molecule has 0 N–H and O–H groups in total. The molecule has 0 aliphatic rings. The Labute approximate surface area is 66.7 Å². The number of anilines is 1. The largest absolute Gasteiger partial charge is 0.378 e. The van der Waals surface area contributed by atoms with E-state index in [1.54, 1.807) is 12.4 Å². The van der Waals surface area contributed by atoms with Crippen molar-refractivity contribution in [2.75, 3.05) is 19.0 Å². The van der Waals surface area contributed by atoms with Crippen LogP contribution in [0.4, 0.5) is 5.69 Å². The molecule has 0 unspecified atom stereocenters. The average molecular weight is 152 g/mol. The second kappa shape index (κ2) is 5.41. The number of aromatic nitrogens is 1. The average Bonchev–Trinajstić information content (AvgIpc) is 2.10. The molecular weight excluding hydrogens is 140 g/mol. The molecule has 3 nitrogen and oxygen atoms in total. The standard InChI is InChI=1S/C7H10N2.CH2O/c1-9(2)7-3-5-8-6-4-7;1-2/h3-6H,1-2H3;1H2. The van der Waals surface area contributed by atoms with Crippen LogP contribution in [0.3, 0.4) is 0 Å². The van der Waals surface area contributed by atoms with Gasteiger partial charge in [0.05, 0.1) is 0 Å². The third-order valence-electron chi connectivity index (χ3n) is 1.18. The van der Waals surface area contributed by atoms with Crippen LogP contribution >= 0.6 is 0 Å². The van der Waals surface area contributed by atoms with Crippen LogP contribution in [0, 0.1) is 0 Å². The zero-order valence-electron chi connectivity index (χ0n) is 6.82. The van der Waals surface area contributed by atoms with E-state index in [-0.39, 0.29) is 0 Å². The topological polar surface area (TPSA) is 33.2 Å². The number of carbonyl (C=O) groups excluding carboxylic acids is 1. The molecule has 1 heterocycles. The molecule has 1 aromatic rings. The molecule has 1 rings (SSSR count). The van der Waals surface area contributed by atoms with Gasteiger partial charge in [0.2, 0.25) is 0 Å². The Hall–Kier alpha value is -1.38. The number of pyridine rings is 1. The first kappa shape index (κ1) is 9.62. The van der Waals surface area contributed by atoms with E-state index < -0.39 is 0 Å². The highest BCUT2D eigenvalue weighted by atomic mass is 16.1. The number of hydrogen-bond donors (Lipinski definition) is 0. The summed E-state index contributed by atoms with van der Waals surface area (Å²) >= 11 is 0. The van der Waals surface area contributed by atoms with Crippen LogP contribution in [0.1, 0.15) is 0 Å². The van der Waals surface area contributed by atoms with Gasteiger partial charge in [0.15, 0.2) is 0 Å². The quantitative estimate of drug-likeness (QED) is 0.601. The monoisotopic (exact) mass is 152 g/mol. The van der Waals surface area contributed by atoms with E-state index in [0.29, 0.717) is 0 Å². The summed E-state index contributed by atoms with van der Waals surface area (Å²) in [5.41, 5.74) is 1.19. The fourth-order valence-corrected chi connectivity index (χ4v) is 0.642. The highest BCUT2D eigenvalue weighted by Crippen LogP contribution is 2.05. The molecule has 60 valence electrons.